The van der Waals surface area contributed by atoms with E-state index in [1.807, 2.05) is 136 Å². The second kappa shape index (κ2) is 58.7. The molecule has 27 heteroatoms. The fourth-order valence-corrected chi connectivity index (χ4v) is 12.6. The van der Waals surface area contributed by atoms with Gasteiger partial charge in [-0.05, 0) is 295 Å². The van der Waals surface area contributed by atoms with Crippen LogP contribution in [0.5, 0.6) is 40.2 Å². The Morgan fingerprint density at radius 3 is 0.883 bits per heavy atom. The molecule has 746 valence electrons. The van der Waals surface area contributed by atoms with E-state index in [1.165, 1.54) is 42.0 Å². The van der Waals surface area contributed by atoms with Crippen molar-refractivity contribution in [3.05, 3.63) is 347 Å². The lowest BCUT2D eigenvalue weighted by Crippen LogP contribution is -2.18. The molecular formula is C118H115N3O24. The van der Waals surface area contributed by atoms with Crippen LogP contribution in [0.1, 0.15) is 117 Å². The molecule has 0 fully saturated rings. The molecule has 0 aliphatic carbocycles. The third kappa shape index (κ3) is 36.9. The zero-order valence-corrected chi connectivity index (χ0v) is 82.8. The predicted molar refractivity (Wildman–Crippen MR) is 560 cm³/mol. The summed E-state index contributed by atoms with van der Waals surface area (Å²) in [6.45, 7) is 32.2. The molecule has 3 heterocycles. The van der Waals surface area contributed by atoms with Crippen molar-refractivity contribution >= 4 is 98.9 Å². The molecule has 0 aliphatic rings. The lowest BCUT2D eigenvalue weighted by Gasteiger charge is -2.18. The number of esters is 6. The van der Waals surface area contributed by atoms with Crippen LogP contribution >= 0.6 is 0 Å². The molecule has 0 bridgehead atoms. The van der Waals surface area contributed by atoms with Gasteiger partial charge in [0.25, 0.3) is 0 Å². The molecule has 0 unspecified atom stereocenters. The monoisotopic (exact) mass is 1960 g/mol. The number of carbonyl (C=O) groups is 7. The van der Waals surface area contributed by atoms with Crippen LogP contribution in [0.2, 0.25) is 0 Å². The zero-order valence-electron chi connectivity index (χ0n) is 82.8. The van der Waals surface area contributed by atoms with Crippen LogP contribution in [0.4, 0.5) is 0 Å². The SMILES string of the molecule is C#CCOc1ccc(-c2nc3cc(C)ccc3o2)cc1.C#CCOc1ccc(C(O)=CC(=O)c2ccc(C(C)(C)C)cc2)cc1.C#CCOc1ccc(C=C(C(=O)OCC)C(=O)OCC)cc1.C=CCOc1ccc(-c2nc3cc(C)ccc3o2)cc1.C=CCOc1ccc(C=C(C(=O)OCC)C(=O)OCC)cc1.CCOC(=O)C(=Cc1ccc(O)cc1)C(=O)OCC.Cc1ccc2oc(-c3ccc(O)cc3)nc2c1. The summed E-state index contributed by atoms with van der Waals surface area (Å²) >= 11 is 0. The summed E-state index contributed by atoms with van der Waals surface area (Å²) in [5, 5.41) is 28.6. The van der Waals surface area contributed by atoms with Crippen LogP contribution in [-0.4, -0.2) is 145 Å². The molecule has 0 saturated carbocycles. The van der Waals surface area contributed by atoms with Crippen LogP contribution in [0.25, 0.3) is 91.6 Å². The summed E-state index contributed by atoms with van der Waals surface area (Å²) in [5.74, 6) is 8.13. The number of oxazole rings is 3. The maximum Gasteiger partial charge on any atom is 0.345 e. The van der Waals surface area contributed by atoms with Crippen molar-refractivity contribution in [2.45, 2.75) is 88.5 Å². The van der Waals surface area contributed by atoms with Crippen molar-refractivity contribution in [3.63, 3.8) is 0 Å². The number of nitrogens with zero attached hydrogens (tertiary/aromatic N) is 3. The lowest BCUT2D eigenvalue weighted by molar-refractivity contribution is -0.148. The number of aryl methyl sites for hydroxylation is 3. The third-order valence-corrected chi connectivity index (χ3v) is 19.7. The van der Waals surface area contributed by atoms with E-state index in [0.717, 1.165) is 78.2 Å². The Morgan fingerprint density at radius 1 is 0.352 bits per heavy atom. The van der Waals surface area contributed by atoms with Gasteiger partial charge in [-0.15, -0.1) is 19.3 Å². The highest BCUT2D eigenvalue weighted by Gasteiger charge is 2.25. The first kappa shape index (κ1) is 112. The molecule has 0 radical (unpaired) electrons. The molecular weight excluding hydrogens is 1840 g/mol. The number of ketones is 1. The molecule has 145 heavy (non-hydrogen) atoms. The minimum atomic E-state index is -0.728. The van der Waals surface area contributed by atoms with Gasteiger partial charge in [-0.1, -0.05) is 143 Å². The van der Waals surface area contributed by atoms with Crippen molar-refractivity contribution in [1.82, 2.24) is 15.0 Å². The van der Waals surface area contributed by atoms with Gasteiger partial charge in [0, 0.05) is 33.9 Å². The number of allylic oxidation sites excluding steroid dienone is 1. The van der Waals surface area contributed by atoms with E-state index < -0.39 is 35.8 Å². The minimum absolute atomic E-state index is 0.0305. The number of phenolic OH excluding ortho intramolecular Hbond substituents is 2. The first-order valence-electron chi connectivity index (χ1n) is 46.0. The first-order chi connectivity index (χ1) is 69.9. The Kier molecular flexibility index (Phi) is 45.4. The van der Waals surface area contributed by atoms with Gasteiger partial charge in [-0.3, -0.25) is 4.79 Å². The number of aliphatic hydroxyl groups is 1. The normalized spacial score (nSPS) is 10.3. The summed E-state index contributed by atoms with van der Waals surface area (Å²) in [7, 11) is 0. The van der Waals surface area contributed by atoms with E-state index in [4.69, 9.17) is 84.6 Å². The minimum Gasteiger partial charge on any atom is -0.508 e. The van der Waals surface area contributed by atoms with Gasteiger partial charge < -0.3 is 80.7 Å². The summed E-state index contributed by atoms with van der Waals surface area (Å²) in [6.07, 6.45) is 24.2. The smallest absolute Gasteiger partial charge is 0.345 e. The number of fused-ring (bicyclic) bond motifs is 3. The van der Waals surface area contributed by atoms with E-state index in [1.54, 1.807) is 175 Å². The zero-order chi connectivity index (χ0) is 105. The summed E-state index contributed by atoms with van der Waals surface area (Å²) in [6, 6.07) is 73.8. The highest BCUT2D eigenvalue weighted by atomic mass is 16.6. The molecule has 3 aromatic heterocycles. The third-order valence-electron chi connectivity index (χ3n) is 19.7. The maximum absolute atomic E-state index is 12.3. The number of hydrogen-bond donors (Lipinski definition) is 3. The number of benzene rings is 11. The number of ether oxygens (including phenoxy) is 11. The van der Waals surface area contributed by atoms with Gasteiger partial charge in [-0.2, -0.15) is 0 Å². The number of rotatable bonds is 33. The highest BCUT2D eigenvalue weighted by Crippen LogP contribution is 2.32. The number of phenols is 2. The fraction of sp³-hybridized carbons (Fsp3) is 0.203. The van der Waals surface area contributed by atoms with Gasteiger partial charge in [-0.25, -0.2) is 43.7 Å². The van der Waals surface area contributed by atoms with Crippen LogP contribution < -0.4 is 23.7 Å². The Morgan fingerprint density at radius 2 is 0.607 bits per heavy atom. The number of aromatic nitrogens is 3. The molecule has 0 aliphatic heterocycles. The van der Waals surface area contributed by atoms with Crippen LogP contribution in [0.3, 0.4) is 0 Å². The van der Waals surface area contributed by atoms with Crippen molar-refractivity contribution in [2.75, 3.05) is 72.7 Å². The van der Waals surface area contributed by atoms with Crippen molar-refractivity contribution in [3.8, 4) is 112 Å². The average molecular weight is 1960 g/mol. The number of aliphatic hydroxyl groups excluding tert-OH is 1. The van der Waals surface area contributed by atoms with E-state index in [9.17, 15) is 48.9 Å². The van der Waals surface area contributed by atoms with Gasteiger partial charge in [0.1, 0.15) is 112 Å². The van der Waals surface area contributed by atoms with Gasteiger partial charge in [0.2, 0.25) is 17.7 Å². The molecule has 0 amide bonds. The summed E-state index contributed by atoms with van der Waals surface area (Å²) < 4.78 is 72.9. The van der Waals surface area contributed by atoms with Crippen LogP contribution in [0, 0.1) is 57.8 Å². The van der Waals surface area contributed by atoms with Gasteiger partial charge in [0.15, 0.2) is 22.5 Å². The van der Waals surface area contributed by atoms with E-state index in [2.05, 4.69) is 66.6 Å². The second-order valence-electron chi connectivity index (χ2n) is 31.7. The molecule has 11 aromatic carbocycles. The van der Waals surface area contributed by atoms with Crippen LogP contribution in [0.15, 0.2) is 310 Å². The second-order valence-corrected chi connectivity index (χ2v) is 31.7. The maximum atomic E-state index is 12.3. The number of terminal acetylenes is 3. The Balaban J connectivity index is 0.000000207. The highest BCUT2D eigenvalue weighted by molar-refractivity contribution is 6.19. The fourth-order valence-electron chi connectivity index (χ4n) is 12.6. The molecule has 14 aromatic rings. The first-order valence-corrected chi connectivity index (χ1v) is 46.0. The lowest BCUT2D eigenvalue weighted by atomic mass is 9.86. The predicted octanol–water partition coefficient (Wildman–Crippen LogP) is 23.3. The number of carbonyl (C=O) groups excluding carboxylic acids is 7. The standard InChI is InChI=1S/C22H22O3.C17H15NO2.C17H13NO2.C17H20O5.C17H18O5.C14H11NO2.C14H16O5/c1-5-14-25-19-12-8-17(9-13-19)21(24)15-20(23)16-6-10-18(11-7-16)22(2,3)4;2*1-3-10-19-14-7-5-13(6-8-14)17-18-15-11-12(2)4-9-16(15)20-17;2*1-4-11-22-14-9-7-13(8-10-14)12-15(16(18)20-5-2)17(19)21-6-3;1-9-2-7-13-12(8-9)15-14(17-13)10-3-5-11(16)6-4-10;1-3-18-13(16)12(14(17)19-4-2)9-10-5-7-11(15)8-6-10/h1,6-13,15,24H,14H2,2-4H3;3-9,11H,1,10H2,2H3;1,4-9,11H,10H2,2H3;4,7-10,12H,1,5-6,11H2,2-3H3;1,7-10,12H,5-6,11H2,2-3H3;2-8,16H,1H3;5-9,15H,3-4H2,1-2H3. The van der Waals surface area contributed by atoms with Crippen LogP contribution in [-0.2, 0) is 62.6 Å². The summed E-state index contributed by atoms with van der Waals surface area (Å²) in [5.41, 5.74) is 14.9. The van der Waals surface area contributed by atoms with Crippen molar-refractivity contribution in [2.24, 2.45) is 0 Å². The Labute approximate surface area is 843 Å². The average Bonchev–Trinajstić information content (AvgIpc) is 1.70. The molecule has 0 spiro atoms. The Bertz CT molecular complexity index is 6850. The van der Waals surface area contributed by atoms with E-state index >= 15 is 0 Å². The van der Waals surface area contributed by atoms with E-state index in [-0.39, 0.29) is 105 Å². The molecule has 0 atom stereocenters. The van der Waals surface area contributed by atoms with Gasteiger partial charge >= 0.3 is 35.8 Å². The molecule has 14 rings (SSSR count). The number of aromatic hydroxyl groups is 2. The molecule has 3 N–H and O–H groups in total. The van der Waals surface area contributed by atoms with Crippen molar-refractivity contribution < 1.29 is 114 Å². The Hall–Kier alpha value is -18.2. The largest absolute Gasteiger partial charge is 0.508 e. The molecule has 0 saturated heterocycles. The van der Waals surface area contributed by atoms with Crippen molar-refractivity contribution in [1.29, 1.82) is 0 Å². The molecule has 27 nitrogen and oxygen atoms in total. The quantitative estimate of drug-likeness (QED) is 0.00396. The van der Waals surface area contributed by atoms with Gasteiger partial charge in [0.05, 0.1) is 39.6 Å². The topological polar surface area (TPSA) is 360 Å². The summed E-state index contributed by atoms with van der Waals surface area (Å²) in [4.78, 5) is 96.5. The van der Waals surface area contributed by atoms with E-state index in [0.29, 0.717) is 76.0 Å². The number of hydrogen-bond acceptors (Lipinski definition) is 27.